The molecule has 0 unspecified atom stereocenters. The number of fused-ring (bicyclic) bond motifs is 1. The van der Waals surface area contributed by atoms with Crippen LogP contribution in [-0.4, -0.2) is 24.5 Å². The summed E-state index contributed by atoms with van der Waals surface area (Å²) in [5.74, 6) is 0.0543. The molecule has 0 aliphatic carbocycles. The summed E-state index contributed by atoms with van der Waals surface area (Å²) in [6.07, 6.45) is 3.94. The van der Waals surface area contributed by atoms with Gasteiger partial charge in [-0.15, -0.1) is 0 Å². The molecule has 1 N–H and O–H groups in total. The fraction of sp³-hybridized carbons (Fsp3) is 0.333. The van der Waals surface area contributed by atoms with Gasteiger partial charge in [-0.25, -0.2) is 0 Å². The Kier molecular flexibility index (Phi) is 1.88. The van der Waals surface area contributed by atoms with Crippen molar-refractivity contribution in [3.8, 4) is 0 Å². The van der Waals surface area contributed by atoms with Gasteiger partial charge in [0.2, 0.25) is 5.91 Å². The van der Waals surface area contributed by atoms with E-state index in [-0.39, 0.29) is 5.91 Å². The molecule has 1 aromatic heterocycles. The number of rotatable bonds is 0. The lowest BCUT2D eigenvalue weighted by Gasteiger charge is -2.17. The predicted octanol–water partition coefficient (Wildman–Crippen LogP) is 0.860. The van der Waals surface area contributed by atoms with E-state index in [0.29, 0.717) is 6.42 Å². The van der Waals surface area contributed by atoms with Gasteiger partial charge in [-0.05, 0) is 6.07 Å². The molecule has 2 heterocycles. The summed E-state index contributed by atoms with van der Waals surface area (Å²) in [5, 5.41) is 2.81. The van der Waals surface area contributed by atoms with Crippen LogP contribution in [0.1, 0.15) is 6.42 Å². The van der Waals surface area contributed by atoms with Crippen molar-refractivity contribution in [1.29, 1.82) is 0 Å². The molecular formula is C9H11N3O. The number of amides is 1. The minimum Gasteiger partial charge on any atom is -0.372 e. The van der Waals surface area contributed by atoms with Crippen molar-refractivity contribution in [2.24, 2.45) is 0 Å². The second kappa shape index (κ2) is 3.05. The number of hydrogen-bond acceptors (Lipinski definition) is 3. The molecule has 1 amide bonds. The van der Waals surface area contributed by atoms with Crippen molar-refractivity contribution in [2.75, 3.05) is 23.8 Å². The van der Waals surface area contributed by atoms with Crippen LogP contribution in [0.25, 0.3) is 0 Å². The van der Waals surface area contributed by atoms with E-state index in [9.17, 15) is 4.79 Å². The van der Waals surface area contributed by atoms with Gasteiger partial charge in [-0.2, -0.15) is 0 Å². The molecule has 4 heteroatoms. The number of hydrogen-bond donors (Lipinski definition) is 1. The highest BCUT2D eigenvalue weighted by atomic mass is 16.1. The van der Waals surface area contributed by atoms with Crippen molar-refractivity contribution in [3.63, 3.8) is 0 Å². The maximum absolute atomic E-state index is 11.2. The molecule has 68 valence electrons. The molecule has 2 rings (SSSR count). The summed E-state index contributed by atoms with van der Waals surface area (Å²) >= 11 is 0. The van der Waals surface area contributed by atoms with E-state index >= 15 is 0 Å². The van der Waals surface area contributed by atoms with Gasteiger partial charge < -0.3 is 10.2 Å². The van der Waals surface area contributed by atoms with E-state index in [1.165, 1.54) is 0 Å². The summed E-state index contributed by atoms with van der Waals surface area (Å²) in [4.78, 5) is 17.2. The van der Waals surface area contributed by atoms with Gasteiger partial charge in [0.05, 0.1) is 17.6 Å². The zero-order valence-corrected chi connectivity index (χ0v) is 7.45. The van der Waals surface area contributed by atoms with Crippen LogP contribution in [-0.2, 0) is 4.79 Å². The number of nitrogens with one attached hydrogen (secondary N) is 1. The van der Waals surface area contributed by atoms with Crippen LogP contribution in [0, 0.1) is 0 Å². The average Bonchev–Trinajstić information content (AvgIpc) is 2.27. The Morgan fingerprint density at radius 1 is 1.62 bits per heavy atom. The molecule has 0 radical (unpaired) electrons. The third-order valence-corrected chi connectivity index (χ3v) is 2.16. The van der Waals surface area contributed by atoms with Crippen LogP contribution in [0.4, 0.5) is 11.4 Å². The third-order valence-electron chi connectivity index (χ3n) is 2.16. The highest BCUT2D eigenvalue weighted by Gasteiger charge is 2.15. The van der Waals surface area contributed by atoms with Crippen LogP contribution in [0.5, 0.6) is 0 Å². The molecule has 0 saturated carbocycles. The van der Waals surface area contributed by atoms with Crippen LogP contribution in [0.15, 0.2) is 18.5 Å². The normalized spacial score (nSPS) is 16.1. The third kappa shape index (κ3) is 1.47. The lowest BCUT2D eigenvalue weighted by molar-refractivity contribution is -0.115. The van der Waals surface area contributed by atoms with Crippen LogP contribution in [0.3, 0.4) is 0 Å². The standard InChI is InChI=1S/C9H11N3O/c1-12-5-3-9(13)11-7-6-10-4-2-8(7)12/h2,4,6H,3,5H2,1H3,(H,11,13). The van der Waals surface area contributed by atoms with Gasteiger partial charge in [0.25, 0.3) is 0 Å². The molecule has 0 aromatic carbocycles. The number of aromatic nitrogens is 1. The molecule has 0 atom stereocenters. The summed E-state index contributed by atoms with van der Waals surface area (Å²) in [7, 11) is 1.97. The Bertz CT molecular complexity index is 337. The van der Waals surface area contributed by atoms with E-state index in [1.54, 1.807) is 12.4 Å². The second-order valence-electron chi connectivity index (χ2n) is 3.11. The van der Waals surface area contributed by atoms with Gasteiger partial charge in [-0.1, -0.05) is 0 Å². The summed E-state index contributed by atoms with van der Waals surface area (Å²) in [5.41, 5.74) is 1.83. The topological polar surface area (TPSA) is 45.2 Å². The maximum atomic E-state index is 11.2. The van der Waals surface area contributed by atoms with E-state index in [4.69, 9.17) is 0 Å². The van der Waals surface area contributed by atoms with Crippen LogP contribution in [0.2, 0.25) is 0 Å². The van der Waals surface area contributed by atoms with Crippen LogP contribution < -0.4 is 10.2 Å². The fourth-order valence-corrected chi connectivity index (χ4v) is 1.42. The molecule has 13 heavy (non-hydrogen) atoms. The Hall–Kier alpha value is -1.58. The lowest BCUT2D eigenvalue weighted by Crippen LogP contribution is -2.18. The Morgan fingerprint density at radius 2 is 2.46 bits per heavy atom. The SMILES string of the molecule is CN1CCC(=O)Nc2cnccc21. The molecule has 1 aromatic rings. The van der Waals surface area contributed by atoms with E-state index < -0.39 is 0 Å². The van der Waals surface area contributed by atoms with Crippen molar-refractivity contribution in [1.82, 2.24) is 4.98 Å². The van der Waals surface area contributed by atoms with Gasteiger partial charge in [0, 0.05) is 26.2 Å². The first-order valence-electron chi connectivity index (χ1n) is 4.22. The quantitative estimate of drug-likeness (QED) is 0.639. The fourth-order valence-electron chi connectivity index (χ4n) is 1.42. The summed E-state index contributed by atoms with van der Waals surface area (Å²) in [6.45, 7) is 0.753. The number of nitrogens with zero attached hydrogens (tertiary/aromatic N) is 2. The largest absolute Gasteiger partial charge is 0.372 e. The van der Waals surface area contributed by atoms with Gasteiger partial charge >= 0.3 is 0 Å². The zero-order chi connectivity index (χ0) is 9.26. The first kappa shape index (κ1) is 8.04. The lowest BCUT2D eigenvalue weighted by atomic mass is 10.3. The molecule has 1 aliphatic heterocycles. The minimum absolute atomic E-state index is 0.0543. The van der Waals surface area contributed by atoms with Crippen molar-refractivity contribution in [3.05, 3.63) is 18.5 Å². The van der Waals surface area contributed by atoms with Gasteiger partial charge in [0.15, 0.2) is 0 Å². The van der Waals surface area contributed by atoms with Crippen molar-refractivity contribution in [2.45, 2.75) is 6.42 Å². The molecular weight excluding hydrogens is 166 g/mol. The highest BCUT2D eigenvalue weighted by Crippen LogP contribution is 2.25. The molecule has 0 saturated heterocycles. The summed E-state index contributed by atoms with van der Waals surface area (Å²) < 4.78 is 0. The average molecular weight is 177 g/mol. The first-order valence-corrected chi connectivity index (χ1v) is 4.22. The van der Waals surface area contributed by atoms with E-state index in [0.717, 1.165) is 17.9 Å². The van der Waals surface area contributed by atoms with Gasteiger partial charge in [0.1, 0.15) is 0 Å². The molecule has 0 fully saturated rings. The Morgan fingerprint density at radius 3 is 3.31 bits per heavy atom. The van der Waals surface area contributed by atoms with Crippen molar-refractivity contribution < 1.29 is 4.79 Å². The smallest absolute Gasteiger partial charge is 0.226 e. The monoisotopic (exact) mass is 177 g/mol. The second-order valence-corrected chi connectivity index (χ2v) is 3.11. The first-order chi connectivity index (χ1) is 6.27. The number of pyridine rings is 1. The predicted molar refractivity (Wildman–Crippen MR) is 50.8 cm³/mol. The van der Waals surface area contributed by atoms with Crippen molar-refractivity contribution >= 4 is 17.3 Å². The minimum atomic E-state index is 0.0543. The Balaban J connectivity index is 2.43. The Labute approximate surface area is 76.6 Å². The van der Waals surface area contributed by atoms with E-state index in [1.807, 2.05) is 13.1 Å². The van der Waals surface area contributed by atoms with E-state index in [2.05, 4.69) is 15.2 Å². The molecule has 0 spiro atoms. The number of anilines is 2. The maximum Gasteiger partial charge on any atom is 0.226 e. The number of carbonyl (C=O) groups excluding carboxylic acids is 1. The highest BCUT2D eigenvalue weighted by molar-refractivity contribution is 5.95. The van der Waals surface area contributed by atoms with Crippen LogP contribution >= 0.6 is 0 Å². The molecule has 1 aliphatic rings. The number of carbonyl (C=O) groups is 1. The molecule has 4 nitrogen and oxygen atoms in total. The zero-order valence-electron chi connectivity index (χ0n) is 7.45. The molecule has 0 bridgehead atoms. The van der Waals surface area contributed by atoms with Gasteiger partial charge in [-0.3, -0.25) is 9.78 Å². The summed E-state index contributed by atoms with van der Waals surface area (Å²) in [6, 6.07) is 1.90.